The Balaban J connectivity index is 0.00000272. The third kappa shape index (κ3) is 7.23. The first-order chi connectivity index (χ1) is 14.8. The molecule has 1 unspecified atom stereocenters. The normalized spacial score (nSPS) is 15.7. The monoisotopic (exact) mass is 692 g/mol. The zero-order chi connectivity index (χ0) is 22.5. The molecule has 0 saturated carbocycles. The molecule has 0 aliphatic carbocycles. The van der Waals surface area contributed by atoms with Crippen molar-refractivity contribution in [1.82, 2.24) is 0 Å². The molecule has 1 aliphatic heterocycles. The number of carboxylic acid groups (broad SMARTS) is 1. The van der Waals surface area contributed by atoms with Gasteiger partial charge in [0.2, 0.25) is 0 Å². The van der Waals surface area contributed by atoms with Gasteiger partial charge in [0.25, 0.3) is 5.91 Å². The number of aliphatic carboxylic acids is 1. The van der Waals surface area contributed by atoms with Gasteiger partial charge < -0.3 is 32.3 Å². The molecule has 3 rings (SSSR count). The fourth-order valence-corrected chi connectivity index (χ4v) is 3.44. The van der Waals surface area contributed by atoms with Gasteiger partial charge >= 0.3 is 5.97 Å². The molecule has 1 heterocycles. The maximum absolute atomic E-state index is 13.3. The molecule has 2 atom stereocenters. The maximum atomic E-state index is 13.3. The summed E-state index contributed by atoms with van der Waals surface area (Å²) in [7, 11) is 0. The van der Waals surface area contributed by atoms with Crippen LogP contribution in [0.2, 0.25) is 0 Å². The Morgan fingerprint density at radius 1 is 1.09 bits per heavy atom. The predicted molar refractivity (Wildman–Crippen MR) is 115 cm³/mol. The molecule has 1 aliphatic rings. The van der Waals surface area contributed by atoms with Crippen LogP contribution in [0.1, 0.15) is 24.0 Å². The van der Waals surface area contributed by atoms with Gasteiger partial charge in [-0.05, 0) is 6.07 Å². The number of nitrogens with zero attached hydrogens (tertiary/aromatic N) is 2. The molecule has 0 fully saturated rings. The summed E-state index contributed by atoms with van der Waals surface area (Å²) in [4.78, 5) is 54.1. The third-order valence-corrected chi connectivity index (χ3v) is 4.91. The van der Waals surface area contributed by atoms with Gasteiger partial charge in [-0.1, -0.05) is 54.4 Å². The zero-order valence-electron chi connectivity index (χ0n) is 17.6. The summed E-state index contributed by atoms with van der Waals surface area (Å²) in [6.07, 6.45) is -0.808. The number of carbonyl (C=O) groups is 4. The maximum Gasteiger partial charge on any atom is 0.301 e. The van der Waals surface area contributed by atoms with E-state index in [0.717, 1.165) is 10.5 Å². The van der Waals surface area contributed by atoms with Crippen LogP contribution >= 0.6 is 0 Å². The fraction of sp³-hybridized carbons (Fsp3) is 0.217. The molecular weight excluding hydrogens is 671 g/mol. The number of benzodiazepines with no additional fused rings is 1. The molecule has 2 aromatic carbocycles. The number of nitrogens with one attached hydrogen (secondary N) is 1. The quantitative estimate of drug-likeness (QED) is 0.426. The number of para-hydroxylation sites is 1. The number of anilines is 1. The van der Waals surface area contributed by atoms with E-state index in [9.17, 15) is 19.2 Å². The number of rotatable bonds is 8. The second-order valence-electron chi connectivity index (χ2n) is 7.19. The van der Waals surface area contributed by atoms with Crippen molar-refractivity contribution >= 4 is 35.0 Å². The summed E-state index contributed by atoms with van der Waals surface area (Å²) in [6, 6.07) is 14.8. The molecule has 2 N–H and O–H groups in total. The van der Waals surface area contributed by atoms with Crippen LogP contribution < -0.4 is 4.90 Å². The second kappa shape index (κ2) is 13.0. The molecule has 0 bridgehead atoms. The first kappa shape index (κ1) is 29.0. The van der Waals surface area contributed by atoms with Gasteiger partial charge in [-0.3, -0.25) is 14.6 Å². The van der Waals surface area contributed by atoms with E-state index in [2.05, 4.69) is 11.9 Å². The molecular formula is C23H21N3O5WY-2. The Morgan fingerprint density at radius 3 is 2.30 bits per heavy atom. The minimum Gasteiger partial charge on any atom is -0.666 e. The van der Waals surface area contributed by atoms with Crippen molar-refractivity contribution in [3.05, 3.63) is 78.4 Å². The second-order valence-corrected chi connectivity index (χ2v) is 7.19. The smallest absolute Gasteiger partial charge is 0.301 e. The van der Waals surface area contributed by atoms with Gasteiger partial charge in [0, 0.05) is 77.7 Å². The summed E-state index contributed by atoms with van der Waals surface area (Å²) < 4.78 is 0. The number of carboxylic acids is 1. The van der Waals surface area contributed by atoms with Gasteiger partial charge in [0.15, 0.2) is 0 Å². The number of carbonyl (C=O) groups excluding carboxylic acids is 3. The first-order valence-electron chi connectivity index (χ1n) is 9.64. The fourth-order valence-electron chi connectivity index (χ4n) is 3.44. The molecule has 8 nitrogen and oxygen atoms in total. The van der Waals surface area contributed by atoms with Crippen molar-refractivity contribution in [2.75, 3.05) is 11.4 Å². The van der Waals surface area contributed by atoms with E-state index in [-0.39, 0.29) is 60.2 Å². The van der Waals surface area contributed by atoms with Crippen molar-refractivity contribution in [2.24, 2.45) is 10.9 Å². The van der Waals surface area contributed by atoms with E-state index >= 15 is 0 Å². The number of benzene rings is 2. The number of ketones is 1. The van der Waals surface area contributed by atoms with Gasteiger partial charge in [-0.15, -0.1) is 0 Å². The van der Waals surface area contributed by atoms with Crippen molar-refractivity contribution in [1.29, 1.82) is 0 Å². The van der Waals surface area contributed by atoms with Gasteiger partial charge in [-0.2, -0.15) is 0 Å². The first-order valence-corrected chi connectivity index (χ1v) is 9.64. The number of Topliss-reactive ketones (excluding diaryl/α,β-unsaturated/α-hetero) is 1. The summed E-state index contributed by atoms with van der Waals surface area (Å²) in [5.74, 6) is -4.27. The standard InChI is InChI=1S/C23H22N3O5.W.Y/c1-14(11-21(29)30)19(27)12-17-23(31)26(13-20(24)28)18-10-6-5-9-16(18)22(25-17)15-7-3-2-4-8-15;;/h2-10,14,17H,1,11-13H2,(H3,24,28,29,30);;/q-1;;/p-1/t14-,17?;;/m0../s1. The van der Waals surface area contributed by atoms with Crippen molar-refractivity contribution in [2.45, 2.75) is 18.9 Å². The molecule has 0 saturated heterocycles. The van der Waals surface area contributed by atoms with Crippen LogP contribution in [0.25, 0.3) is 5.73 Å². The summed E-state index contributed by atoms with van der Waals surface area (Å²) in [5.41, 5.74) is 9.57. The van der Waals surface area contributed by atoms with Gasteiger partial charge in [-0.25, -0.2) is 0 Å². The van der Waals surface area contributed by atoms with Crippen LogP contribution in [0, 0.1) is 12.8 Å². The topological polar surface area (TPSA) is 128 Å². The Bertz CT molecular complexity index is 1060. The summed E-state index contributed by atoms with van der Waals surface area (Å²) >= 11 is 0. The van der Waals surface area contributed by atoms with E-state index in [1.165, 1.54) is 0 Å². The Kier molecular flexibility index (Phi) is 11.4. The third-order valence-electron chi connectivity index (χ3n) is 4.91. The Hall–Kier alpha value is -2.02. The molecule has 33 heavy (non-hydrogen) atoms. The number of hydrogen-bond acceptors (Lipinski definition) is 5. The van der Waals surface area contributed by atoms with Crippen LogP contribution in [0.5, 0.6) is 0 Å². The average molecular weight is 692 g/mol. The zero-order valence-corrected chi connectivity index (χ0v) is 23.4. The molecule has 2 amide bonds. The van der Waals surface area contributed by atoms with Crippen molar-refractivity contribution in [3.8, 4) is 0 Å². The van der Waals surface area contributed by atoms with Crippen molar-refractivity contribution in [3.63, 3.8) is 0 Å². The molecule has 2 aromatic rings. The van der Waals surface area contributed by atoms with Crippen LogP contribution in [0.4, 0.5) is 5.69 Å². The van der Waals surface area contributed by atoms with E-state index in [0.29, 0.717) is 17.0 Å². The SMILES string of the molecule is [CH2-][C@@H](CC(=O)O)C(=O)CC1N=C(c2ccccc2)c2ccccc2N(CC([NH-])=O)C1=O.[W].[Y]. The van der Waals surface area contributed by atoms with Gasteiger partial charge in [0.1, 0.15) is 11.8 Å². The van der Waals surface area contributed by atoms with E-state index in [1.54, 1.807) is 24.3 Å². The van der Waals surface area contributed by atoms with Crippen molar-refractivity contribution < 1.29 is 78.1 Å². The Labute approximate surface area is 231 Å². The van der Waals surface area contributed by atoms with Crippen LogP contribution in [-0.2, 0) is 73.0 Å². The van der Waals surface area contributed by atoms with E-state index < -0.39 is 48.5 Å². The Morgan fingerprint density at radius 2 is 1.70 bits per heavy atom. The summed E-state index contributed by atoms with van der Waals surface area (Å²) in [5, 5.41) is 8.93. The summed E-state index contributed by atoms with van der Waals surface area (Å²) in [6.45, 7) is 3.10. The van der Waals surface area contributed by atoms with Crippen LogP contribution in [0.15, 0.2) is 59.6 Å². The molecule has 169 valence electrons. The van der Waals surface area contributed by atoms with E-state index in [4.69, 9.17) is 10.8 Å². The number of aliphatic imine (C=N–C) groups is 1. The number of hydrogen-bond donors (Lipinski definition) is 1. The minimum atomic E-state index is -1.17. The van der Waals surface area contributed by atoms with E-state index in [1.807, 2.05) is 30.3 Å². The molecule has 0 spiro atoms. The van der Waals surface area contributed by atoms with Crippen LogP contribution in [0.3, 0.4) is 0 Å². The number of fused-ring (bicyclic) bond motifs is 1. The largest absolute Gasteiger partial charge is 0.666 e. The molecule has 1 radical (unpaired) electrons. The molecule has 10 heteroatoms. The average Bonchev–Trinajstić information content (AvgIpc) is 2.84. The van der Waals surface area contributed by atoms with Crippen LogP contribution in [-0.4, -0.2) is 47.0 Å². The van der Waals surface area contributed by atoms with Gasteiger partial charge in [0.05, 0.1) is 23.9 Å². The minimum absolute atomic E-state index is 0. The molecule has 0 aromatic heterocycles. The predicted octanol–water partition coefficient (Wildman–Crippen LogP) is 2.70. The number of amides is 2.